The van der Waals surface area contributed by atoms with Crippen molar-refractivity contribution in [1.82, 2.24) is 4.98 Å². The zero-order chi connectivity index (χ0) is 16.7. The van der Waals surface area contributed by atoms with Crippen molar-refractivity contribution in [3.63, 3.8) is 0 Å². The highest BCUT2D eigenvalue weighted by Gasteiger charge is 2.22. The number of hydrogen-bond donors (Lipinski definition) is 0. The number of nitrogens with zero attached hydrogens (tertiary/aromatic N) is 3. The molecule has 3 nitrogen and oxygen atoms in total. The van der Waals surface area contributed by atoms with Gasteiger partial charge < -0.3 is 0 Å². The Labute approximate surface area is 134 Å². The predicted octanol–water partition coefficient (Wildman–Crippen LogP) is 5.64. The lowest BCUT2D eigenvalue weighted by atomic mass is 9.98. The Morgan fingerprint density at radius 3 is 2.24 bits per heavy atom. The molecule has 1 aromatic rings. The lowest BCUT2D eigenvalue weighted by Crippen LogP contribution is -1.93. The monoisotopic (exact) mass is 307 g/mol. The van der Waals surface area contributed by atoms with Crippen molar-refractivity contribution >= 4 is 18.3 Å². The standard InChI is InChI=1S/C11H14ClN.C2H2N2.C2H6.C2H4/c1-8-2-3-9(6-8)10-4-5-11(12)13-7-10;1-4-2-3;2*1-2/h4-5,7-9H,2-3,6H2,1H3;1H2;1-2H3;1-2H2. The van der Waals surface area contributed by atoms with Crippen LogP contribution in [0.5, 0.6) is 0 Å². The molecule has 0 spiro atoms. The molecule has 0 aliphatic heterocycles. The van der Waals surface area contributed by atoms with E-state index in [0.717, 1.165) is 11.8 Å². The third kappa shape index (κ3) is 9.81. The molecular formula is C17H26ClN3. The first kappa shape index (κ1) is 21.6. The number of halogens is 1. The molecule has 1 aromatic heterocycles. The van der Waals surface area contributed by atoms with E-state index in [-0.39, 0.29) is 0 Å². The SMILES string of the molecule is C=C.C=NC#N.CC.CC1CCC(c2ccc(Cl)nc2)C1. The highest BCUT2D eigenvalue weighted by molar-refractivity contribution is 6.29. The summed E-state index contributed by atoms with van der Waals surface area (Å²) in [5.41, 5.74) is 1.36. The van der Waals surface area contributed by atoms with Gasteiger partial charge in [-0.1, -0.05) is 44.9 Å². The molecule has 2 unspecified atom stereocenters. The molecule has 0 radical (unpaired) electrons. The Kier molecular flexibility index (Phi) is 15.2. The molecule has 0 N–H and O–H groups in total. The first-order valence-corrected chi connectivity index (χ1v) is 7.51. The van der Waals surface area contributed by atoms with Gasteiger partial charge in [-0.25, -0.2) is 4.98 Å². The van der Waals surface area contributed by atoms with Crippen LogP contribution in [-0.4, -0.2) is 11.7 Å². The number of aromatic nitrogens is 1. The van der Waals surface area contributed by atoms with Crippen LogP contribution in [0.2, 0.25) is 5.15 Å². The minimum absolute atomic E-state index is 0.592. The number of aliphatic imine (C=N–C) groups is 1. The summed E-state index contributed by atoms with van der Waals surface area (Å²) in [5.74, 6) is 1.60. The van der Waals surface area contributed by atoms with Crippen LogP contribution in [0.25, 0.3) is 0 Å². The Bertz CT molecular complexity index is 409. The zero-order valence-electron chi connectivity index (χ0n) is 13.3. The molecule has 0 amide bonds. The molecule has 1 heterocycles. The first-order chi connectivity index (χ1) is 10.2. The maximum absolute atomic E-state index is 7.40. The molecule has 4 heteroatoms. The van der Waals surface area contributed by atoms with Crippen LogP contribution in [0, 0.1) is 17.4 Å². The maximum atomic E-state index is 7.40. The van der Waals surface area contributed by atoms with Gasteiger partial charge in [0.15, 0.2) is 0 Å². The summed E-state index contributed by atoms with van der Waals surface area (Å²) in [5, 5.41) is 7.99. The summed E-state index contributed by atoms with van der Waals surface area (Å²) in [6, 6.07) is 4.00. The molecular weight excluding hydrogens is 282 g/mol. The summed E-state index contributed by atoms with van der Waals surface area (Å²) in [4.78, 5) is 6.91. The van der Waals surface area contributed by atoms with Crippen LogP contribution in [0.4, 0.5) is 0 Å². The average Bonchev–Trinajstić information content (AvgIpc) is 2.99. The van der Waals surface area contributed by atoms with Crippen molar-refractivity contribution < 1.29 is 0 Å². The van der Waals surface area contributed by atoms with E-state index in [1.165, 1.54) is 31.0 Å². The Morgan fingerprint density at radius 2 is 1.90 bits per heavy atom. The smallest absolute Gasteiger partial charge is 0.205 e. The van der Waals surface area contributed by atoms with E-state index in [4.69, 9.17) is 16.9 Å². The first-order valence-electron chi connectivity index (χ1n) is 7.13. The summed E-state index contributed by atoms with van der Waals surface area (Å²) >= 11 is 5.74. The van der Waals surface area contributed by atoms with Crippen LogP contribution < -0.4 is 0 Å². The maximum Gasteiger partial charge on any atom is 0.205 e. The summed E-state index contributed by atoms with van der Waals surface area (Å²) in [6.07, 6.45) is 7.34. The third-order valence-electron chi connectivity index (χ3n) is 2.99. The summed E-state index contributed by atoms with van der Waals surface area (Å²) < 4.78 is 0. The van der Waals surface area contributed by atoms with Crippen LogP contribution >= 0.6 is 11.6 Å². The van der Waals surface area contributed by atoms with Gasteiger partial charge in [-0.15, -0.1) is 13.2 Å². The highest BCUT2D eigenvalue weighted by Crippen LogP contribution is 2.37. The Balaban J connectivity index is 0. The van der Waals surface area contributed by atoms with E-state index in [9.17, 15) is 0 Å². The van der Waals surface area contributed by atoms with E-state index >= 15 is 0 Å². The number of rotatable bonds is 1. The van der Waals surface area contributed by atoms with Gasteiger partial charge in [-0.2, -0.15) is 10.3 Å². The molecule has 1 fully saturated rings. The molecule has 116 valence electrons. The minimum Gasteiger partial charge on any atom is -0.244 e. The fraction of sp³-hybridized carbons (Fsp3) is 0.471. The van der Waals surface area contributed by atoms with Gasteiger partial charge in [0.2, 0.25) is 6.19 Å². The van der Waals surface area contributed by atoms with E-state index in [1.54, 1.807) is 0 Å². The van der Waals surface area contributed by atoms with Crippen molar-refractivity contribution in [2.24, 2.45) is 10.9 Å². The third-order valence-corrected chi connectivity index (χ3v) is 3.21. The molecule has 1 aliphatic carbocycles. The molecule has 0 bridgehead atoms. The van der Waals surface area contributed by atoms with Crippen LogP contribution in [0.3, 0.4) is 0 Å². The second-order valence-electron chi connectivity index (χ2n) is 4.29. The fourth-order valence-corrected chi connectivity index (χ4v) is 2.25. The Hall–Kier alpha value is -1.66. The molecule has 1 aliphatic rings. The van der Waals surface area contributed by atoms with E-state index in [2.05, 4.69) is 42.8 Å². The molecule has 0 aromatic carbocycles. The van der Waals surface area contributed by atoms with E-state index in [1.807, 2.05) is 26.1 Å². The van der Waals surface area contributed by atoms with Crippen LogP contribution in [-0.2, 0) is 0 Å². The van der Waals surface area contributed by atoms with Gasteiger partial charge in [0.05, 0.1) is 0 Å². The van der Waals surface area contributed by atoms with Gasteiger partial charge in [-0.05, 0) is 36.3 Å². The van der Waals surface area contributed by atoms with Gasteiger partial charge in [0, 0.05) is 12.9 Å². The van der Waals surface area contributed by atoms with Gasteiger partial charge in [-0.3, -0.25) is 0 Å². The van der Waals surface area contributed by atoms with Crippen molar-refractivity contribution in [2.75, 3.05) is 0 Å². The predicted molar refractivity (Wildman–Crippen MR) is 92.8 cm³/mol. The van der Waals surface area contributed by atoms with Crippen molar-refractivity contribution in [3.05, 3.63) is 42.2 Å². The highest BCUT2D eigenvalue weighted by atomic mass is 35.5. The lowest BCUT2D eigenvalue weighted by Gasteiger charge is -2.08. The van der Waals surface area contributed by atoms with Gasteiger partial charge in [0.25, 0.3) is 0 Å². The molecule has 2 rings (SSSR count). The molecule has 2 atom stereocenters. The molecule has 1 saturated carbocycles. The number of pyridine rings is 1. The topological polar surface area (TPSA) is 49.0 Å². The van der Waals surface area contributed by atoms with Crippen LogP contribution in [0.1, 0.15) is 51.5 Å². The van der Waals surface area contributed by atoms with Crippen molar-refractivity contribution in [3.8, 4) is 6.19 Å². The summed E-state index contributed by atoms with van der Waals surface area (Å²) in [6.45, 7) is 15.2. The molecule has 0 saturated heterocycles. The van der Waals surface area contributed by atoms with Gasteiger partial charge in [0.1, 0.15) is 5.15 Å². The minimum atomic E-state index is 0.592. The van der Waals surface area contributed by atoms with E-state index in [0.29, 0.717) is 5.15 Å². The van der Waals surface area contributed by atoms with Crippen molar-refractivity contribution in [1.29, 1.82) is 5.26 Å². The second kappa shape index (κ2) is 14.7. The summed E-state index contributed by atoms with van der Waals surface area (Å²) in [7, 11) is 0. The second-order valence-corrected chi connectivity index (χ2v) is 4.67. The normalized spacial score (nSPS) is 18.4. The largest absolute Gasteiger partial charge is 0.244 e. The quantitative estimate of drug-likeness (QED) is 0.292. The lowest BCUT2D eigenvalue weighted by molar-refractivity contribution is 0.596. The number of hydrogen-bond acceptors (Lipinski definition) is 3. The Morgan fingerprint density at radius 1 is 1.33 bits per heavy atom. The number of nitriles is 1. The fourth-order valence-electron chi connectivity index (χ4n) is 2.14. The molecule has 21 heavy (non-hydrogen) atoms. The van der Waals surface area contributed by atoms with Crippen molar-refractivity contribution in [2.45, 2.75) is 46.0 Å². The van der Waals surface area contributed by atoms with Gasteiger partial charge >= 0.3 is 0 Å². The van der Waals surface area contributed by atoms with Crippen LogP contribution in [0.15, 0.2) is 36.5 Å². The van der Waals surface area contributed by atoms with E-state index < -0.39 is 0 Å². The average molecular weight is 308 g/mol. The zero-order valence-corrected chi connectivity index (χ0v) is 14.1.